The highest BCUT2D eigenvalue weighted by Gasteiger charge is 2.23. The van der Waals surface area contributed by atoms with E-state index in [-0.39, 0.29) is 6.10 Å². The molecule has 20 heavy (non-hydrogen) atoms. The van der Waals surface area contributed by atoms with Crippen molar-refractivity contribution in [1.29, 1.82) is 0 Å². The summed E-state index contributed by atoms with van der Waals surface area (Å²) in [5, 5.41) is 15.5. The average molecular weight is 294 g/mol. The van der Waals surface area contributed by atoms with Crippen LogP contribution in [0, 0.1) is 0 Å². The van der Waals surface area contributed by atoms with Crippen LogP contribution in [-0.2, 0) is 6.42 Å². The third-order valence-electron chi connectivity index (χ3n) is 4.67. The lowest BCUT2D eigenvalue weighted by molar-refractivity contribution is 0.164. The van der Waals surface area contributed by atoms with E-state index in [0.29, 0.717) is 11.3 Å². The van der Waals surface area contributed by atoms with E-state index in [0.717, 1.165) is 18.5 Å². The molecule has 2 atom stereocenters. The Hall–Kier alpha value is -0.480. The summed E-state index contributed by atoms with van der Waals surface area (Å²) in [6, 6.07) is 2.70. The molecule has 1 saturated carbocycles. The van der Waals surface area contributed by atoms with Gasteiger partial charge in [-0.25, -0.2) is 0 Å². The summed E-state index contributed by atoms with van der Waals surface area (Å²) >= 11 is 1.94. The van der Waals surface area contributed by atoms with Crippen LogP contribution in [0.5, 0.6) is 0 Å². The van der Waals surface area contributed by atoms with Crippen LogP contribution in [0.3, 0.4) is 0 Å². The van der Waals surface area contributed by atoms with Crippen molar-refractivity contribution in [3.05, 3.63) is 18.0 Å². The molecule has 2 heterocycles. The fourth-order valence-electron chi connectivity index (χ4n) is 3.45. The van der Waals surface area contributed by atoms with Gasteiger partial charge >= 0.3 is 0 Å². The molecule has 1 N–H and O–H groups in total. The van der Waals surface area contributed by atoms with Crippen molar-refractivity contribution in [2.75, 3.05) is 5.75 Å². The smallest absolute Gasteiger partial charge is 0.0714 e. The summed E-state index contributed by atoms with van der Waals surface area (Å²) in [5.41, 5.74) is 1.06. The van der Waals surface area contributed by atoms with E-state index >= 15 is 0 Å². The third-order valence-corrected chi connectivity index (χ3v) is 6.18. The van der Waals surface area contributed by atoms with Crippen LogP contribution in [-0.4, -0.2) is 32.0 Å². The van der Waals surface area contributed by atoms with E-state index in [4.69, 9.17) is 5.10 Å². The first-order chi connectivity index (χ1) is 9.83. The monoisotopic (exact) mass is 294 g/mol. The van der Waals surface area contributed by atoms with Crippen LogP contribution in [0.1, 0.15) is 63.1 Å². The summed E-state index contributed by atoms with van der Waals surface area (Å²) < 4.78 is 2.15. The van der Waals surface area contributed by atoms with E-state index < -0.39 is 0 Å². The van der Waals surface area contributed by atoms with Crippen LogP contribution in [0.15, 0.2) is 12.3 Å². The predicted octanol–water partition coefficient (Wildman–Crippen LogP) is 3.58. The van der Waals surface area contributed by atoms with Gasteiger partial charge in [-0.2, -0.15) is 16.9 Å². The van der Waals surface area contributed by atoms with Crippen molar-refractivity contribution < 1.29 is 5.11 Å². The fraction of sp³-hybridized carbons (Fsp3) is 0.812. The van der Waals surface area contributed by atoms with Gasteiger partial charge in [0.05, 0.1) is 17.8 Å². The van der Waals surface area contributed by atoms with Gasteiger partial charge < -0.3 is 5.11 Å². The summed E-state index contributed by atoms with van der Waals surface area (Å²) in [7, 11) is 0. The molecular formula is C16H26N2OS. The van der Waals surface area contributed by atoms with Crippen molar-refractivity contribution in [2.24, 2.45) is 0 Å². The molecule has 3 rings (SSSR count). The van der Waals surface area contributed by atoms with Gasteiger partial charge in [0.25, 0.3) is 0 Å². The summed E-state index contributed by atoms with van der Waals surface area (Å²) in [6.07, 6.45) is 12.9. The minimum absolute atomic E-state index is 0.227. The predicted molar refractivity (Wildman–Crippen MR) is 84.2 cm³/mol. The molecule has 4 heteroatoms. The average Bonchev–Trinajstić information content (AvgIpc) is 2.97. The van der Waals surface area contributed by atoms with Crippen LogP contribution in [0.4, 0.5) is 0 Å². The molecule has 2 aliphatic rings. The maximum atomic E-state index is 10.4. The number of nitrogens with zero attached hydrogens (tertiary/aromatic N) is 2. The van der Waals surface area contributed by atoms with Gasteiger partial charge in [0, 0.05) is 17.9 Å². The van der Waals surface area contributed by atoms with Crippen LogP contribution < -0.4 is 0 Å². The van der Waals surface area contributed by atoms with Gasteiger partial charge in [-0.05, 0) is 37.5 Å². The summed E-state index contributed by atoms with van der Waals surface area (Å²) in [6.45, 7) is 0. The first-order valence-corrected chi connectivity index (χ1v) is 9.21. The van der Waals surface area contributed by atoms with Crippen LogP contribution in [0.25, 0.3) is 0 Å². The molecule has 1 aromatic heterocycles. The van der Waals surface area contributed by atoms with Gasteiger partial charge in [-0.1, -0.05) is 25.7 Å². The number of aliphatic hydroxyl groups is 1. The third kappa shape index (κ3) is 3.59. The molecule has 1 aliphatic heterocycles. The lowest BCUT2D eigenvalue weighted by Gasteiger charge is -2.25. The van der Waals surface area contributed by atoms with Gasteiger partial charge in [0.1, 0.15) is 0 Å². The quantitative estimate of drug-likeness (QED) is 0.922. The minimum atomic E-state index is -0.227. The van der Waals surface area contributed by atoms with E-state index in [1.54, 1.807) is 0 Å². The zero-order chi connectivity index (χ0) is 13.8. The minimum Gasteiger partial charge on any atom is -0.392 e. The second-order valence-electron chi connectivity index (χ2n) is 6.26. The Morgan fingerprint density at radius 2 is 2.00 bits per heavy atom. The van der Waals surface area contributed by atoms with E-state index in [1.165, 1.54) is 50.7 Å². The Morgan fingerprint density at radius 3 is 2.75 bits per heavy atom. The van der Waals surface area contributed by atoms with Crippen LogP contribution in [0.2, 0.25) is 0 Å². The van der Waals surface area contributed by atoms with Crippen molar-refractivity contribution in [1.82, 2.24) is 9.78 Å². The summed E-state index contributed by atoms with van der Waals surface area (Å²) in [5.74, 6) is 1.21. The molecule has 0 amide bonds. The van der Waals surface area contributed by atoms with Gasteiger partial charge in [0.2, 0.25) is 0 Å². The topological polar surface area (TPSA) is 38.0 Å². The van der Waals surface area contributed by atoms with Gasteiger partial charge in [0.15, 0.2) is 0 Å². The standard InChI is InChI=1S/C16H26N2OS/c19-15(16-8-4-5-11-20-16)12-13-9-10-18(17-13)14-6-2-1-3-7-14/h9-10,14-16,19H,1-8,11-12H2. The Morgan fingerprint density at radius 1 is 1.20 bits per heavy atom. The lowest BCUT2D eigenvalue weighted by atomic mass is 9.96. The Bertz CT molecular complexity index is 408. The second kappa shape index (κ2) is 6.99. The second-order valence-corrected chi connectivity index (χ2v) is 7.60. The van der Waals surface area contributed by atoms with Crippen molar-refractivity contribution in [3.63, 3.8) is 0 Å². The fourth-order valence-corrected chi connectivity index (χ4v) is 4.78. The SMILES string of the molecule is OC(Cc1ccn(C2CCCCC2)n1)C1CCCCS1. The molecule has 1 aromatic rings. The largest absolute Gasteiger partial charge is 0.392 e. The molecule has 1 saturated heterocycles. The van der Waals surface area contributed by atoms with Crippen molar-refractivity contribution >= 4 is 11.8 Å². The van der Waals surface area contributed by atoms with Gasteiger partial charge in [-0.15, -0.1) is 0 Å². The molecule has 2 fully saturated rings. The molecule has 0 spiro atoms. The highest BCUT2D eigenvalue weighted by molar-refractivity contribution is 8.00. The van der Waals surface area contributed by atoms with Crippen LogP contribution >= 0.6 is 11.8 Å². The molecule has 112 valence electrons. The highest BCUT2D eigenvalue weighted by atomic mass is 32.2. The first kappa shape index (κ1) is 14.5. The lowest BCUT2D eigenvalue weighted by Crippen LogP contribution is -2.28. The van der Waals surface area contributed by atoms with Crippen molar-refractivity contribution in [2.45, 2.75) is 75.2 Å². The molecule has 0 radical (unpaired) electrons. The number of rotatable bonds is 4. The zero-order valence-electron chi connectivity index (χ0n) is 12.2. The zero-order valence-corrected chi connectivity index (χ0v) is 13.0. The Kier molecular flexibility index (Phi) is 5.05. The number of thioether (sulfide) groups is 1. The molecule has 2 unspecified atom stereocenters. The summed E-state index contributed by atoms with van der Waals surface area (Å²) in [4.78, 5) is 0. The first-order valence-electron chi connectivity index (χ1n) is 8.16. The Balaban J connectivity index is 1.56. The van der Waals surface area contributed by atoms with Gasteiger partial charge in [-0.3, -0.25) is 4.68 Å². The maximum Gasteiger partial charge on any atom is 0.0714 e. The molecule has 0 bridgehead atoms. The molecule has 3 nitrogen and oxygen atoms in total. The van der Waals surface area contributed by atoms with E-state index in [1.807, 2.05) is 11.8 Å². The highest BCUT2D eigenvalue weighted by Crippen LogP contribution is 2.30. The molecular weight excluding hydrogens is 268 g/mol. The molecule has 1 aliphatic carbocycles. The number of hydrogen-bond acceptors (Lipinski definition) is 3. The number of hydrogen-bond donors (Lipinski definition) is 1. The van der Waals surface area contributed by atoms with Crippen molar-refractivity contribution in [3.8, 4) is 0 Å². The molecule has 0 aromatic carbocycles. The number of aromatic nitrogens is 2. The normalized spacial score (nSPS) is 26.6. The van der Waals surface area contributed by atoms with E-state index in [9.17, 15) is 5.11 Å². The van der Waals surface area contributed by atoms with E-state index in [2.05, 4.69) is 16.9 Å². The Labute approximate surface area is 126 Å². The maximum absolute atomic E-state index is 10.4. The number of aliphatic hydroxyl groups excluding tert-OH is 1.